The number of nitrogen functional groups attached to an aromatic ring is 1. The minimum atomic E-state index is -2.33. The molecule has 4 N–H and O–H groups in total. The van der Waals surface area contributed by atoms with Gasteiger partial charge in [-0.15, -0.1) is 0 Å². The summed E-state index contributed by atoms with van der Waals surface area (Å²) in [5, 5.41) is 7.51. The minimum absolute atomic E-state index is 0.413. The van der Waals surface area contributed by atoms with Crippen molar-refractivity contribution in [3.05, 3.63) is 36.5 Å². The van der Waals surface area contributed by atoms with E-state index in [1.54, 1.807) is 30.5 Å². The summed E-state index contributed by atoms with van der Waals surface area (Å²) < 4.78 is 23.3. The maximum Gasteiger partial charge on any atom is 0.154 e. The third-order valence-electron chi connectivity index (χ3n) is 2.86. The van der Waals surface area contributed by atoms with Gasteiger partial charge < -0.3 is 15.0 Å². The highest BCUT2D eigenvalue weighted by atomic mass is 32.2. The Bertz CT molecular complexity index is 784. The van der Waals surface area contributed by atoms with Gasteiger partial charge in [0.05, 0.1) is 16.6 Å². The number of H-pyrrole nitrogens is 1. The number of benzene rings is 1. The van der Waals surface area contributed by atoms with Crippen molar-refractivity contribution >= 4 is 33.7 Å². The van der Waals surface area contributed by atoms with Crippen molar-refractivity contribution in [1.29, 1.82) is 0 Å². The summed E-state index contributed by atoms with van der Waals surface area (Å²) >= 11 is -2.33. The van der Waals surface area contributed by atoms with E-state index in [1.807, 2.05) is 6.07 Å². The summed E-state index contributed by atoms with van der Waals surface area (Å²) in [6.45, 7) is 0. The Morgan fingerprint density at radius 2 is 2.05 bits per heavy atom. The van der Waals surface area contributed by atoms with E-state index in [-0.39, 0.29) is 0 Å². The zero-order valence-corrected chi connectivity index (χ0v) is 11.0. The Morgan fingerprint density at radius 3 is 2.75 bits per heavy atom. The Kier molecular flexibility index (Phi) is 3.09. The lowest BCUT2D eigenvalue weighted by atomic mass is 10.1. The minimum Gasteiger partial charge on any atom is -0.755 e. The van der Waals surface area contributed by atoms with Crippen LogP contribution < -0.4 is 10.5 Å². The normalized spacial score (nSPS) is 12.4. The van der Waals surface area contributed by atoms with Crippen LogP contribution in [-0.4, -0.2) is 23.9 Å². The van der Waals surface area contributed by atoms with Crippen molar-refractivity contribution in [3.63, 3.8) is 0 Å². The number of rotatable bonds is 3. The van der Waals surface area contributed by atoms with Gasteiger partial charge in [-0.1, -0.05) is 12.1 Å². The molecule has 20 heavy (non-hydrogen) atoms. The second kappa shape index (κ2) is 4.91. The van der Waals surface area contributed by atoms with Gasteiger partial charge in [-0.3, -0.25) is 14.3 Å². The number of pyridine rings is 1. The lowest BCUT2D eigenvalue weighted by molar-refractivity contribution is 0.542. The third kappa shape index (κ3) is 2.33. The van der Waals surface area contributed by atoms with Crippen molar-refractivity contribution in [1.82, 2.24) is 15.2 Å². The Labute approximate surface area is 116 Å². The van der Waals surface area contributed by atoms with Crippen molar-refractivity contribution in [2.75, 3.05) is 10.5 Å². The molecule has 0 aliphatic rings. The number of nitrogens with one attached hydrogen (secondary N) is 2. The van der Waals surface area contributed by atoms with Crippen LogP contribution in [0.15, 0.2) is 36.5 Å². The lowest BCUT2D eigenvalue weighted by Gasteiger charge is -2.09. The molecule has 1 unspecified atom stereocenters. The molecule has 0 saturated heterocycles. The van der Waals surface area contributed by atoms with Gasteiger partial charge in [-0.2, -0.15) is 5.10 Å². The fraction of sp³-hybridized carbons (Fsp3) is 0. The Morgan fingerprint density at radius 1 is 1.30 bits per heavy atom. The van der Waals surface area contributed by atoms with Gasteiger partial charge in [0.15, 0.2) is 5.82 Å². The Hall–Kier alpha value is -2.45. The van der Waals surface area contributed by atoms with Crippen LogP contribution in [0.3, 0.4) is 0 Å². The first-order valence-corrected chi connectivity index (χ1v) is 6.77. The fourth-order valence-electron chi connectivity index (χ4n) is 1.90. The number of hydrogen-bond donors (Lipinski definition) is 3. The molecule has 102 valence electrons. The van der Waals surface area contributed by atoms with E-state index in [4.69, 9.17) is 5.73 Å². The van der Waals surface area contributed by atoms with E-state index in [0.717, 1.165) is 22.2 Å². The van der Waals surface area contributed by atoms with Crippen LogP contribution in [0.1, 0.15) is 0 Å². The second-order valence-corrected chi connectivity index (χ2v) is 4.81. The van der Waals surface area contributed by atoms with Gasteiger partial charge in [0.2, 0.25) is 0 Å². The first-order chi connectivity index (χ1) is 9.63. The van der Waals surface area contributed by atoms with Gasteiger partial charge in [0.25, 0.3) is 0 Å². The average molecular weight is 288 g/mol. The third-order valence-corrected chi connectivity index (χ3v) is 3.26. The molecule has 8 heteroatoms. The van der Waals surface area contributed by atoms with Crippen molar-refractivity contribution in [3.8, 4) is 11.3 Å². The highest BCUT2D eigenvalue weighted by Gasteiger charge is 2.05. The maximum atomic E-state index is 10.5. The SMILES string of the molecule is Nc1n[nH]c2cc(-c3ccc(NS(=O)[O-])cc3)ncc12. The molecule has 2 heterocycles. The van der Waals surface area contributed by atoms with Crippen LogP contribution in [0.4, 0.5) is 11.5 Å². The van der Waals surface area contributed by atoms with Gasteiger partial charge in [0, 0.05) is 28.7 Å². The first-order valence-electron chi connectivity index (χ1n) is 5.69. The summed E-state index contributed by atoms with van der Waals surface area (Å²) in [6, 6.07) is 8.73. The smallest absolute Gasteiger partial charge is 0.154 e. The van der Waals surface area contributed by atoms with Crippen LogP contribution in [0.5, 0.6) is 0 Å². The highest BCUT2D eigenvalue weighted by Crippen LogP contribution is 2.24. The van der Waals surface area contributed by atoms with Gasteiger partial charge in [0.1, 0.15) is 0 Å². The molecule has 3 rings (SSSR count). The molecule has 3 aromatic rings. The molecular formula is C12H10N5O2S-. The van der Waals surface area contributed by atoms with Gasteiger partial charge in [-0.05, 0) is 18.2 Å². The summed E-state index contributed by atoms with van der Waals surface area (Å²) in [5.74, 6) is 0.413. The van der Waals surface area contributed by atoms with E-state index in [9.17, 15) is 8.76 Å². The molecule has 1 atom stereocenters. The quantitative estimate of drug-likeness (QED) is 0.629. The summed E-state index contributed by atoms with van der Waals surface area (Å²) in [4.78, 5) is 4.32. The maximum absolute atomic E-state index is 10.5. The Balaban J connectivity index is 1.95. The van der Waals surface area contributed by atoms with E-state index in [2.05, 4.69) is 19.9 Å². The van der Waals surface area contributed by atoms with E-state index in [1.165, 1.54) is 0 Å². The summed E-state index contributed by atoms with van der Waals surface area (Å²) in [7, 11) is 0. The number of fused-ring (bicyclic) bond motifs is 1. The van der Waals surface area contributed by atoms with Crippen LogP contribution in [0.2, 0.25) is 0 Å². The summed E-state index contributed by atoms with van der Waals surface area (Å²) in [5.41, 5.74) is 8.59. The number of aromatic amines is 1. The number of nitrogens with zero attached hydrogens (tertiary/aromatic N) is 2. The number of anilines is 2. The lowest BCUT2D eigenvalue weighted by Crippen LogP contribution is -2.01. The largest absolute Gasteiger partial charge is 0.755 e. The number of nitrogens with two attached hydrogens (primary N) is 1. The van der Waals surface area contributed by atoms with Crippen LogP contribution >= 0.6 is 0 Å². The molecule has 0 bridgehead atoms. The van der Waals surface area contributed by atoms with E-state index < -0.39 is 11.3 Å². The first kappa shape index (κ1) is 12.6. The van der Waals surface area contributed by atoms with Gasteiger partial charge >= 0.3 is 0 Å². The highest BCUT2D eigenvalue weighted by molar-refractivity contribution is 7.80. The molecule has 2 aromatic heterocycles. The zero-order valence-electron chi connectivity index (χ0n) is 10.2. The zero-order chi connectivity index (χ0) is 14.1. The number of hydrogen-bond acceptors (Lipinski definition) is 5. The molecule has 0 aliphatic carbocycles. The molecule has 1 aromatic carbocycles. The average Bonchev–Trinajstić information content (AvgIpc) is 2.80. The monoisotopic (exact) mass is 288 g/mol. The molecule has 0 spiro atoms. The van der Waals surface area contributed by atoms with Crippen molar-refractivity contribution in [2.45, 2.75) is 0 Å². The predicted molar refractivity (Wildman–Crippen MR) is 76.3 cm³/mol. The second-order valence-electron chi connectivity index (χ2n) is 4.14. The van der Waals surface area contributed by atoms with Crippen molar-refractivity contribution in [2.24, 2.45) is 0 Å². The molecule has 0 saturated carbocycles. The predicted octanol–water partition coefficient (Wildman–Crippen LogP) is 1.41. The van der Waals surface area contributed by atoms with Crippen molar-refractivity contribution < 1.29 is 8.76 Å². The molecule has 7 nitrogen and oxygen atoms in total. The van der Waals surface area contributed by atoms with Crippen LogP contribution in [0, 0.1) is 0 Å². The summed E-state index contributed by atoms with van der Waals surface area (Å²) in [6.07, 6.45) is 1.66. The fourth-order valence-corrected chi connectivity index (χ4v) is 2.22. The molecule has 0 aliphatic heterocycles. The molecule has 0 fully saturated rings. The molecule has 0 radical (unpaired) electrons. The van der Waals surface area contributed by atoms with Gasteiger partial charge in [-0.25, -0.2) is 0 Å². The molecular weight excluding hydrogens is 278 g/mol. The van der Waals surface area contributed by atoms with Crippen LogP contribution in [0.25, 0.3) is 22.2 Å². The van der Waals surface area contributed by atoms with Crippen LogP contribution in [-0.2, 0) is 11.3 Å². The topological polar surface area (TPSA) is 120 Å². The van der Waals surface area contributed by atoms with E-state index >= 15 is 0 Å². The standard InChI is InChI=1S/C12H11N5O2S/c13-12-9-6-14-10(5-11(9)15-16-12)7-1-3-8(4-2-7)17-20(18)19/h1-6,17H,(H,18,19)(H3,13,15,16)/p-1. The molecule has 0 amide bonds. The van der Waals surface area contributed by atoms with E-state index in [0.29, 0.717) is 11.5 Å². The number of aromatic nitrogens is 3.